The Morgan fingerprint density at radius 3 is 2.57 bits per heavy atom. The van der Waals surface area contributed by atoms with Crippen molar-refractivity contribution in [2.45, 2.75) is 0 Å². The van der Waals surface area contributed by atoms with Crippen molar-refractivity contribution in [3.8, 4) is 21.9 Å². The molecule has 0 spiro atoms. The second-order valence-electron chi connectivity index (χ2n) is 5.95. The normalized spacial score (nSPS) is 11.2. The predicted molar refractivity (Wildman–Crippen MR) is 112 cm³/mol. The Morgan fingerprint density at radius 1 is 1.04 bits per heavy atom. The van der Waals surface area contributed by atoms with E-state index in [4.69, 9.17) is 9.47 Å². The van der Waals surface area contributed by atoms with Gasteiger partial charge < -0.3 is 9.47 Å². The summed E-state index contributed by atoms with van der Waals surface area (Å²) in [5.41, 5.74) is 1.63. The van der Waals surface area contributed by atoms with Gasteiger partial charge in [0.1, 0.15) is 11.2 Å². The summed E-state index contributed by atoms with van der Waals surface area (Å²) in [5, 5.41) is 4.82. The largest absolute Gasteiger partial charge is 0.493 e. The van der Waals surface area contributed by atoms with E-state index in [1.54, 1.807) is 32.6 Å². The summed E-state index contributed by atoms with van der Waals surface area (Å²) in [5.74, 6) is 1.23. The highest BCUT2D eigenvalue weighted by molar-refractivity contribution is 7.21. The zero-order chi connectivity index (χ0) is 19.5. The molecule has 0 radical (unpaired) electrons. The van der Waals surface area contributed by atoms with Crippen molar-refractivity contribution in [2.75, 3.05) is 14.2 Å². The molecule has 0 bridgehead atoms. The first-order valence-electron chi connectivity index (χ1n) is 8.52. The first kappa shape index (κ1) is 17.9. The van der Waals surface area contributed by atoms with Crippen LogP contribution in [0.1, 0.15) is 5.56 Å². The Bertz CT molecular complexity index is 1210. The van der Waals surface area contributed by atoms with Gasteiger partial charge in [-0.1, -0.05) is 30.3 Å². The maximum atomic E-state index is 12.8. The molecule has 6 nitrogen and oxygen atoms in total. The third-order valence-electron chi connectivity index (χ3n) is 4.23. The lowest BCUT2D eigenvalue weighted by Gasteiger charge is -2.07. The third-order valence-corrected chi connectivity index (χ3v) is 5.32. The SMILES string of the molecule is COc1ccc(/C=N\n2cnc3sc(-c4ccccc4)cc3c2=O)cc1OC. The van der Waals surface area contributed by atoms with Gasteiger partial charge in [-0.25, -0.2) is 4.98 Å². The zero-order valence-corrected chi connectivity index (χ0v) is 16.1. The van der Waals surface area contributed by atoms with Crippen LogP contribution in [0.2, 0.25) is 0 Å². The fourth-order valence-corrected chi connectivity index (χ4v) is 3.80. The summed E-state index contributed by atoms with van der Waals surface area (Å²) in [6, 6.07) is 17.2. The molecule has 140 valence electrons. The summed E-state index contributed by atoms with van der Waals surface area (Å²) in [7, 11) is 3.15. The van der Waals surface area contributed by atoms with Gasteiger partial charge in [0.05, 0.1) is 25.8 Å². The minimum Gasteiger partial charge on any atom is -0.493 e. The minimum atomic E-state index is -0.208. The van der Waals surface area contributed by atoms with E-state index in [0.29, 0.717) is 21.7 Å². The molecule has 0 aliphatic heterocycles. The minimum absolute atomic E-state index is 0.208. The van der Waals surface area contributed by atoms with Gasteiger partial charge in [-0.05, 0) is 35.4 Å². The highest BCUT2D eigenvalue weighted by Gasteiger charge is 2.10. The molecule has 2 aromatic carbocycles. The van der Waals surface area contributed by atoms with E-state index in [1.807, 2.05) is 42.5 Å². The molecule has 28 heavy (non-hydrogen) atoms. The van der Waals surface area contributed by atoms with Gasteiger partial charge in [-0.2, -0.15) is 9.78 Å². The average molecular weight is 391 g/mol. The Kier molecular flexibility index (Phi) is 4.90. The van der Waals surface area contributed by atoms with E-state index in [0.717, 1.165) is 16.0 Å². The number of thiophene rings is 1. The lowest BCUT2D eigenvalue weighted by molar-refractivity contribution is 0.355. The Morgan fingerprint density at radius 2 is 1.82 bits per heavy atom. The second-order valence-corrected chi connectivity index (χ2v) is 6.98. The quantitative estimate of drug-likeness (QED) is 0.482. The van der Waals surface area contributed by atoms with E-state index in [-0.39, 0.29) is 5.56 Å². The summed E-state index contributed by atoms with van der Waals surface area (Å²) >= 11 is 1.49. The van der Waals surface area contributed by atoms with Crippen molar-refractivity contribution in [3.05, 3.63) is 76.8 Å². The van der Waals surface area contributed by atoms with Gasteiger partial charge in [0.15, 0.2) is 11.5 Å². The number of methoxy groups -OCH3 is 2. The summed E-state index contributed by atoms with van der Waals surface area (Å²) < 4.78 is 11.8. The van der Waals surface area contributed by atoms with Gasteiger partial charge in [0.25, 0.3) is 5.56 Å². The van der Waals surface area contributed by atoms with Crippen molar-refractivity contribution in [1.82, 2.24) is 9.66 Å². The molecule has 0 saturated heterocycles. The van der Waals surface area contributed by atoms with E-state index >= 15 is 0 Å². The van der Waals surface area contributed by atoms with Gasteiger partial charge in [0, 0.05) is 4.88 Å². The fourth-order valence-electron chi connectivity index (χ4n) is 2.80. The number of ether oxygens (including phenoxy) is 2. The molecule has 0 aliphatic rings. The molecule has 4 aromatic rings. The molecule has 0 amide bonds. The molecule has 0 fully saturated rings. The van der Waals surface area contributed by atoms with E-state index in [2.05, 4.69) is 10.1 Å². The van der Waals surface area contributed by atoms with Crippen molar-refractivity contribution in [1.29, 1.82) is 0 Å². The lowest BCUT2D eigenvalue weighted by Crippen LogP contribution is -2.16. The molecule has 0 atom stereocenters. The first-order chi connectivity index (χ1) is 13.7. The number of rotatable bonds is 5. The van der Waals surface area contributed by atoms with Crippen molar-refractivity contribution < 1.29 is 9.47 Å². The maximum Gasteiger partial charge on any atom is 0.282 e. The van der Waals surface area contributed by atoms with Crippen molar-refractivity contribution >= 4 is 27.8 Å². The number of aromatic nitrogens is 2. The Balaban J connectivity index is 1.69. The van der Waals surface area contributed by atoms with Crippen molar-refractivity contribution in [3.63, 3.8) is 0 Å². The van der Waals surface area contributed by atoms with Crippen LogP contribution in [0.25, 0.3) is 20.7 Å². The summed E-state index contributed by atoms with van der Waals surface area (Å²) in [4.78, 5) is 18.9. The molecule has 7 heteroatoms. The second kappa shape index (κ2) is 7.66. The number of hydrogen-bond acceptors (Lipinski definition) is 6. The highest BCUT2D eigenvalue weighted by Crippen LogP contribution is 2.30. The first-order valence-corrected chi connectivity index (χ1v) is 9.34. The van der Waals surface area contributed by atoms with Crippen molar-refractivity contribution in [2.24, 2.45) is 5.10 Å². The molecule has 0 saturated carbocycles. The van der Waals surface area contributed by atoms with Crippen LogP contribution in [0.15, 0.2) is 70.8 Å². The van der Waals surface area contributed by atoms with Crippen LogP contribution in [0.3, 0.4) is 0 Å². The van der Waals surface area contributed by atoms with Gasteiger partial charge in [-0.15, -0.1) is 11.3 Å². The van der Waals surface area contributed by atoms with E-state index in [1.165, 1.54) is 22.3 Å². The molecule has 0 unspecified atom stereocenters. The molecule has 4 rings (SSSR count). The van der Waals surface area contributed by atoms with Gasteiger partial charge in [-0.3, -0.25) is 4.79 Å². The highest BCUT2D eigenvalue weighted by atomic mass is 32.1. The number of nitrogens with zero attached hydrogens (tertiary/aromatic N) is 3. The average Bonchev–Trinajstić information content (AvgIpc) is 3.19. The van der Waals surface area contributed by atoms with E-state index in [9.17, 15) is 4.79 Å². The number of hydrogen-bond donors (Lipinski definition) is 0. The maximum absolute atomic E-state index is 12.8. The van der Waals surface area contributed by atoms with Crippen LogP contribution in [0.5, 0.6) is 11.5 Å². The number of benzene rings is 2. The Labute approximate surface area is 165 Å². The predicted octanol–water partition coefficient (Wildman–Crippen LogP) is 4.02. The topological polar surface area (TPSA) is 65.7 Å². The van der Waals surface area contributed by atoms with Gasteiger partial charge in [0.2, 0.25) is 0 Å². The summed E-state index contributed by atoms with van der Waals surface area (Å²) in [6.07, 6.45) is 3.02. The van der Waals surface area contributed by atoms with Crippen LogP contribution in [0.4, 0.5) is 0 Å². The van der Waals surface area contributed by atoms with Gasteiger partial charge >= 0.3 is 0 Å². The Hall–Kier alpha value is -3.45. The molecule has 2 heterocycles. The van der Waals surface area contributed by atoms with Crippen LogP contribution in [-0.4, -0.2) is 30.1 Å². The molecule has 2 aromatic heterocycles. The summed E-state index contributed by atoms with van der Waals surface area (Å²) in [6.45, 7) is 0. The molecule has 0 aliphatic carbocycles. The number of fused-ring (bicyclic) bond motifs is 1. The van der Waals surface area contributed by atoms with Crippen LogP contribution in [0, 0.1) is 0 Å². The zero-order valence-electron chi connectivity index (χ0n) is 15.3. The van der Waals surface area contributed by atoms with E-state index < -0.39 is 0 Å². The smallest absolute Gasteiger partial charge is 0.282 e. The molecule has 0 N–H and O–H groups in total. The monoisotopic (exact) mass is 391 g/mol. The molecular weight excluding hydrogens is 374 g/mol. The van der Waals surface area contributed by atoms with Crippen LogP contribution >= 0.6 is 11.3 Å². The lowest BCUT2D eigenvalue weighted by atomic mass is 10.2. The van der Waals surface area contributed by atoms with Crippen LogP contribution in [-0.2, 0) is 0 Å². The fraction of sp³-hybridized carbons (Fsp3) is 0.0952. The van der Waals surface area contributed by atoms with Crippen LogP contribution < -0.4 is 15.0 Å². The molecular formula is C21H17N3O3S. The standard InChI is InChI=1S/C21H17N3O3S/c1-26-17-9-8-14(10-18(17)27-2)12-23-24-13-22-20-16(21(24)25)11-19(28-20)15-6-4-3-5-7-15/h3-13H,1-2H3/b23-12-. The third kappa shape index (κ3) is 3.39.